The molecule has 144 valence electrons. The molecule has 3 rings (SSSR count). The molecule has 0 saturated carbocycles. The molecule has 6 nitrogen and oxygen atoms in total. The number of nitrogens with one attached hydrogen (secondary N) is 2. The highest BCUT2D eigenvalue weighted by atomic mass is 16.5. The minimum absolute atomic E-state index is 0.0129. The van der Waals surface area contributed by atoms with Crippen molar-refractivity contribution in [1.29, 1.82) is 0 Å². The number of ether oxygens (including phenoxy) is 3. The summed E-state index contributed by atoms with van der Waals surface area (Å²) in [4.78, 5) is 13.8. The third-order valence-corrected chi connectivity index (χ3v) is 4.77. The van der Waals surface area contributed by atoms with E-state index in [1.165, 1.54) is 16.0 Å². The minimum Gasteiger partial charge on any atom is -0.493 e. The maximum Gasteiger partial charge on any atom is 0.279 e. The average molecular weight is 371 g/mol. The second kappa shape index (κ2) is 8.77. The Labute approximate surface area is 160 Å². The van der Waals surface area contributed by atoms with Crippen molar-refractivity contribution in [2.24, 2.45) is 0 Å². The number of para-hydroxylation sites is 2. The number of anilines is 1. The third-order valence-electron chi connectivity index (χ3n) is 4.77. The molecule has 6 heteroatoms. The van der Waals surface area contributed by atoms with E-state index >= 15 is 0 Å². The van der Waals surface area contributed by atoms with Gasteiger partial charge in [0.25, 0.3) is 5.91 Å². The highest BCUT2D eigenvalue weighted by molar-refractivity contribution is 5.92. The van der Waals surface area contributed by atoms with E-state index in [0.29, 0.717) is 24.6 Å². The summed E-state index contributed by atoms with van der Waals surface area (Å²) in [5.74, 6) is 2.17. The molecule has 0 spiro atoms. The van der Waals surface area contributed by atoms with E-state index in [-0.39, 0.29) is 5.91 Å². The van der Waals surface area contributed by atoms with E-state index in [1.807, 2.05) is 43.3 Å². The molecule has 1 amide bonds. The molecule has 1 heterocycles. The van der Waals surface area contributed by atoms with Crippen LogP contribution in [-0.4, -0.2) is 39.8 Å². The summed E-state index contributed by atoms with van der Waals surface area (Å²) in [6.45, 7) is 4.59. The Morgan fingerprint density at radius 3 is 2.48 bits per heavy atom. The zero-order valence-corrected chi connectivity index (χ0v) is 16.1. The van der Waals surface area contributed by atoms with Gasteiger partial charge in [-0.2, -0.15) is 0 Å². The van der Waals surface area contributed by atoms with Crippen LogP contribution in [0.15, 0.2) is 36.4 Å². The van der Waals surface area contributed by atoms with Crippen LogP contribution in [0.2, 0.25) is 0 Å². The van der Waals surface area contributed by atoms with Crippen LogP contribution in [0, 0.1) is 0 Å². The molecular formula is C21H27N2O4+. The molecule has 1 atom stereocenters. The first-order chi connectivity index (χ1) is 13.1. The van der Waals surface area contributed by atoms with E-state index in [2.05, 4.69) is 5.32 Å². The van der Waals surface area contributed by atoms with Crippen LogP contribution >= 0.6 is 0 Å². The largest absolute Gasteiger partial charge is 0.493 e. The molecule has 1 aliphatic rings. The van der Waals surface area contributed by atoms with Gasteiger partial charge in [-0.3, -0.25) is 4.79 Å². The maximum absolute atomic E-state index is 12.5. The highest BCUT2D eigenvalue weighted by Crippen LogP contribution is 2.31. The number of methoxy groups -OCH3 is 2. The van der Waals surface area contributed by atoms with Gasteiger partial charge in [-0.1, -0.05) is 12.1 Å². The monoisotopic (exact) mass is 371 g/mol. The predicted octanol–water partition coefficient (Wildman–Crippen LogP) is 1.68. The quantitative estimate of drug-likeness (QED) is 0.778. The van der Waals surface area contributed by atoms with Crippen molar-refractivity contribution in [3.05, 3.63) is 47.5 Å². The van der Waals surface area contributed by atoms with Gasteiger partial charge in [-0.05, 0) is 36.8 Å². The number of fused-ring (bicyclic) bond motifs is 1. The summed E-state index contributed by atoms with van der Waals surface area (Å²) in [5.41, 5.74) is 3.18. The third kappa shape index (κ3) is 4.52. The number of quaternary nitrogens is 1. The fourth-order valence-electron chi connectivity index (χ4n) is 3.45. The smallest absolute Gasteiger partial charge is 0.279 e. The molecule has 0 fully saturated rings. The van der Waals surface area contributed by atoms with Crippen LogP contribution in [0.5, 0.6) is 17.2 Å². The van der Waals surface area contributed by atoms with Crippen LogP contribution in [0.1, 0.15) is 18.1 Å². The van der Waals surface area contributed by atoms with E-state index < -0.39 is 0 Å². The Balaban J connectivity index is 1.65. The van der Waals surface area contributed by atoms with Gasteiger partial charge in [0, 0.05) is 12.0 Å². The molecule has 0 saturated heterocycles. The second-order valence-electron chi connectivity index (χ2n) is 6.56. The Morgan fingerprint density at radius 1 is 1.07 bits per heavy atom. The topological polar surface area (TPSA) is 61.2 Å². The van der Waals surface area contributed by atoms with Crippen molar-refractivity contribution < 1.29 is 23.9 Å². The first kappa shape index (κ1) is 19.0. The lowest BCUT2D eigenvalue weighted by atomic mass is 9.99. The lowest BCUT2D eigenvalue weighted by Crippen LogP contribution is -3.12. The molecule has 0 aromatic heterocycles. The molecule has 1 aliphatic heterocycles. The van der Waals surface area contributed by atoms with Gasteiger partial charge >= 0.3 is 0 Å². The second-order valence-corrected chi connectivity index (χ2v) is 6.56. The number of hydrogen-bond donors (Lipinski definition) is 2. The summed E-state index contributed by atoms with van der Waals surface area (Å²) >= 11 is 0. The number of rotatable bonds is 7. The van der Waals surface area contributed by atoms with Crippen molar-refractivity contribution in [3.63, 3.8) is 0 Å². The lowest BCUT2D eigenvalue weighted by Gasteiger charge is -2.26. The van der Waals surface area contributed by atoms with Gasteiger partial charge in [0.05, 0.1) is 33.1 Å². The first-order valence-electron chi connectivity index (χ1n) is 9.23. The van der Waals surface area contributed by atoms with Crippen LogP contribution < -0.4 is 24.4 Å². The van der Waals surface area contributed by atoms with Crippen LogP contribution in [0.3, 0.4) is 0 Å². The Kier molecular flexibility index (Phi) is 6.19. The van der Waals surface area contributed by atoms with E-state index in [1.54, 1.807) is 14.2 Å². The number of amides is 1. The number of benzene rings is 2. The Morgan fingerprint density at radius 2 is 1.78 bits per heavy atom. The SMILES string of the molecule is CCOc1ccccc1NC(=O)C[NH+]1CCc2cc(OC)c(OC)cc2C1. The van der Waals surface area contributed by atoms with Crippen LogP contribution in [0.4, 0.5) is 5.69 Å². The lowest BCUT2D eigenvalue weighted by molar-refractivity contribution is -0.907. The summed E-state index contributed by atoms with van der Waals surface area (Å²) in [6.07, 6.45) is 0.911. The zero-order chi connectivity index (χ0) is 19.2. The van der Waals surface area contributed by atoms with Crippen LogP contribution in [0.25, 0.3) is 0 Å². The van der Waals surface area contributed by atoms with Crippen molar-refractivity contribution in [2.75, 3.05) is 39.2 Å². The van der Waals surface area contributed by atoms with E-state index in [4.69, 9.17) is 14.2 Å². The van der Waals surface area contributed by atoms with Gasteiger partial charge in [0.15, 0.2) is 18.0 Å². The standard InChI is InChI=1S/C21H26N2O4/c1-4-27-18-8-6-5-7-17(18)22-21(24)14-23-10-9-15-11-19(25-2)20(26-3)12-16(15)13-23/h5-8,11-12H,4,9-10,13-14H2,1-3H3,(H,22,24)/p+1. The molecule has 0 radical (unpaired) electrons. The molecule has 2 aromatic carbocycles. The molecule has 2 N–H and O–H groups in total. The predicted molar refractivity (Wildman–Crippen MR) is 104 cm³/mol. The molecule has 0 aliphatic carbocycles. The fourth-order valence-corrected chi connectivity index (χ4v) is 3.45. The normalized spacial score (nSPS) is 15.6. The van der Waals surface area contributed by atoms with E-state index in [0.717, 1.165) is 31.0 Å². The van der Waals surface area contributed by atoms with Gasteiger partial charge in [0.2, 0.25) is 0 Å². The maximum atomic E-state index is 12.5. The number of hydrogen-bond acceptors (Lipinski definition) is 4. The summed E-state index contributed by atoms with van der Waals surface area (Å²) < 4.78 is 16.4. The number of carbonyl (C=O) groups excluding carboxylic acids is 1. The molecule has 27 heavy (non-hydrogen) atoms. The minimum atomic E-state index is -0.0129. The van der Waals surface area contributed by atoms with Crippen molar-refractivity contribution >= 4 is 11.6 Å². The van der Waals surface area contributed by atoms with Gasteiger partial charge in [0.1, 0.15) is 12.3 Å². The molecular weight excluding hydrogens is 344 g/mol. The van der Waals surface area contributed by atoms with Crippen molar-refractivity contribution in [1.82, 2.24) is 0 Å². The summed E-state index contributed by atoms with van der Waals surface area (Å²) in [7, 11) is 3.29. The molecule has 2 aromatic rings. The van der Waals surface area contributed by atoms with Crippen LogP contribution in [-0.2, 0) is 17.8 Å². The highest BCUT2D eigenvalue weighted by Gasteiger charge is 2.24. The molecule has 0 bridgehead atoms. The van der Waals surface area contributed by atoms with Gasteiger partial charge < -0.3 is 24.4 Å². The Hall–Kier alpha value is -2.73. The number of carbonyl (C=O) groups is 1. The van der Waals surface area contributed by atoms with Gasteiger partial charge in [-0.25, -0.2) is 0 Å². The fraction of sp³-hybridized carbons (Fsp3) is 0.381. The first-order valence-corrected chi connectivity index (χ1v) is 9.23. The van der Waals surface area contributed by atoms with Crippen molar-refractivity contribution in [2.45, 2.75) is 19.9 Å². The van der Waals surface area contributed by atoms with Gasteiger partial charge in [-0.15, -0.1) is 0 Å². The average Bonchev–Trinajstić information content (AvgIpc) is 2.68. The Bertz CT molecular complexity index is 807. The summed E-state index contributed by atoms with van der Waals surface area (Å²) in [5, 5.41) is 2.98. The summed E-state index contributed by atoms with van der Waals surface area (Å²) in [6, 6.07) is 11.6. The van der Waals surface area contributed by atoms with Crippen molar-refractivity contribution in [3.8, 4) is 17.2 Å². The zero-order valence-electron chi connectivity index (χ0n) is 16.1. The molecule has 1 unspecified atom stereocenters. The van der Waals surface area contributed by atoms with E-state index in [9.17, 15) is 4.79 Å².